The zero-order valence-electron chi connectivity index (χ0n) is 17.6. The van der Waals surface area contributed by atoms with Crippen molar-refractivity contribution in [1.29, 1.82) is 5.26 Å². The summed E-state index contributed by atoms with van der Waals surface area (Å²) in [6.45, 7) is 4.43. The first kappa shape index (κ1) is 23.4. The van der Waals surface area contributed by atoms with E-state index in [0.717, 1.165) is 11.1 Å². The normalized spacial score (nSPS) is 10.8. The molecule has 3 N–H and O–H groups in total. The zero-order chi connectivity index (χ0) is 22.8. The number of nitriles is 1. The standard InChI is InChI=1S/C22H24N4O5/c1-14-4-5-17(10-15(14)2)26-22(29)21(28)25-13-19-7-6-18(31-19)11-16(12-23)20(27)24-8-9-30-3/h4-7,10-11H,8-9,13H2,1-3H3,(H,24,27)(H,25,28)(H,26,29)/b16-11-. The Morgan fingerprint density at radius 2 is 1.84 bits per heavy atom. The number of ether oxygens (including phenoxy) is 1. The van der Waals surface area contributed by atoms with Gasteiger partial charge in [0.1, 0.15) is 23.2 Å². The van der Waals surface area contributed by atoms with Crippen LogP contribution in [0.4, 0.5) is 5.69 Å². The topological polar surface area (TPSA) is 133 Å². The van der Waals surface area contributed by atoms with Gasteiger partial charge in [0, 0.05) is 25.4 Å². The lowest BCUT2D eigenvalue weighted by Crippen LogP contribution is -2.34. The number of hydrogen-bond donors (Lipinski definition) is 3. The van der Waals surface area contributed by atoms with Crippen molar-refractivity contribution < 1.29 is 23.5 Å². The lowest BCUT2D eigenvalue weighted by Gasteiger charge is -2.07. The molecule has 1 aromatic heterocycles. The van der Waals surface area contributed by atoms with Crippen LogP contribution < -0.4 is 16.0 Å². The number of rotatable bonds is 8. The van der Waals surface area contributed by atoms with Crippen LogP contribution in [-0.2, 0) is 25.7 Å². The van der Waals surface area contributed by atoms with E-state index < -0.39 is 17.7 Å². The molecule has 1 aromatic carbocycles. The second kappa shape index (κ2) is 11.3. The Morgan fingerprint density at radius 3 is 2.52 bits per heavy atom. The smallest absolute Gasteiger partial charge is 0.313 e. The summed E-state index contributed by atoms with van der Waals surface area (Å²) in [5.74, 6) is -1.54. The molecule has 0 aliphatic rings. The highest BCUT2D eigenvalue weighted by molar-refractivity contribution is 6.39. The first-order chi connectivity index (χ1) is 14.8. The summed E-state index contributed by atoms with van der Waals surface area (Å²) in [7, 11) is 1.50. The van der Waals surface area contributed by atoms with Gasteiger partial charge in [0.15, 0.2) is 0 Å². The molecule has 162 valence electrons. The molecular weight excluding hydrogens is 400 g/mol. The van der Waals surface area contributed by atoms with Gasteiger partial charge >= 0.3 is 11.8 Å². The van der Waals surface area contributed by atoms with Gasteiger partial charge in [-0.3, -0.25) is 14.4 Å². The van der Waals surface area contributed by atoms with Crippen molar-refractivity contribution in [3.63, 3.8) is 0 Å². The largest absolute Gasteiger partial charge is 0.460 e. The summed E-state index contributed by atoms with van der Waals surface area (Å²) in [6.07, 6.45) is 1.29. The maximum atomic E-state index is 12.0. The van der Waals surface area contributed by atoms with Crippen molar-refractivity contribution >= 4 is 29.5 Å². The highest BCUT2D eigenvalue weighted by Crippen LogP contribution is 2.14. The minimum atomic E-state index is -0.818. The van der Waals surface area contributed by atoms with Crippen LogP contribution >= 0.6 is 0 Å². The minimum Gasteiger partial charge on any atom is -0.460 e. The van der Waals surface area contributed by atoms with Gasteiger partial charge in [-0.05, 0) is 49.2 Å². The van der Waals surface area contributed by atoms with Crippen LogP contribution in [0.25, 0.3) is 6.08 Å². The van der Waals surface area contributed by atoms with E-state index in [9.17, 15) is 14.4 Å². The van der Waals surface area contributed by atoms with Crippen LogP contribution in [0.5, 0.6) is 0 Å². The maximum Gasteiger partial charge on any atom is 0.313 e. The number of carbonyl (C=O) groups is 3. The van der Waals surface area contributed by atoms with E-state index >= 15 is 0 Å². The summed E-state index contributed by atoms with van der Waals surface area (Å²) >= 11 is 0. The molecule has 0 atom stereocenters. The number of nitrogens with one attached hydrogen (secondary N) is 3. The molecule has 0 aliphatic heterocycles. The zero-order valence-corrected chi connectivity index (χ0v) is 17.6. The Bertz CT molecular complexity index is 1030. The average Bonchev–Trinajstić information content (AvgIpc) is 3.20. The molecule has 1 heterocycles. The Labute approximate surface area is 180 Å². The lowest BCUT2D eigenvalue weighted by atomic mass is 10.1. The third-order valence-corrected chi connectivity index (χ3v) is 4.32. The summed E-state index contributed by atoms with van der Waals surface area (Å²) in [4.78, 5) is 36.0. The molecule has 3 amide bonds. The van der Waals surface area contributed by atoms with Crippen molar-refractivity contribution in [2.24, 2.45) is 0 Å². The molecule has 0 radical (unpaired) electrons. The van der Waals surface area contributed by atoms with Crippen molar-refractivity contribution in [3.8, 4) is 6.07 Å². The molecule has 2 aromatic rings. The Morgan fingerprint density at radius 1 is 1.06 bits per heavy atom. The van der Waals surface area contributed by atoms with Gasteiger partial charge in [-0.15, -0.1) is 0 Å². The van der Waals surface area contributed by atoms with E-state index in [2.05, 4.69) is 16.0 Å². The molecule has 0 aliphatic carbocycles. The Hall–Kier alpha value is -3.90. The highest BCUT2D eigenvalue weighted by Gasteiger charge is 2.15. The van der Waals surface area contributed by atoms with E-state index in [4.69, 9.17) is 14.4 Å². The SMILES string of the molecule is COCCNC(=O)/C(C#N)=C\c1ccc(CNC(=O)C(=O)Nc2ccc(C)c(C)c2)o1. The molecule has 0 unspecified atom stereocenters. The van der Waals surface area contributed by atoms with Gasteiger partial charge in [-0.2, -0.15) is 5.26 Å². The van der Waals surface area contributed by atoms with Crippen LogP contribution in [0.2, 0.25) is 0 Å². The van der Waals surface area contributed by atoms with E-state index in [-0.39, 0.29) is 24.4 Å². The third kappa shape index (κ3) is 7.13. The van der Waals surface area contributed by atoms with E-state index in [1.807, 2.05) is 26.0 Å². The van der Waals surface area contributed by atoms with Gasteiger partial charge in [-0.1, -0.05) is 6.07 Å². The lowest BCUT2D eigenvalue weighted by molar-refractivity contribution is -0.136. The molecule has 0 saturated heterocycles. The predicted molar refractivity (Wildman–Crippen MR) is 114 cm³/mol. The molecule has 0 bridgehead atoms. The van der Waals surface area contributed by atoms with E-state index in [1.165, 1.54) is 13.2 Å². The van der Waals surface area contributed by atoms with Crippen LogP contribution in [0.1, 0.15) is 22.6 Å². The number of furan rings is 1. The Kier molecular flexibility index (Phi) is 8.54. The summed E-state index contributed by atoms with van der Waals surface area (Å²) < 4.78 is 10.3. The monoisotopic (exact) mass is 424 g/mol. The fraction of sp³-hybridized carbons (Fsp3) is 0.273. The minimum absolute atomic E-state index is 0.0328. The van der Waals surface area contributed by atoms with E-state index in [0.29, 0.717) is 18.1 Å². The fourth-order valence-corrected chi connectivity index (χ4v) is 2.47. The molecule has 0 spiro atoms. The number of methoxy groups -OCH3 is 1. The summed E-state index contributed by atoms with van der Waals surface area (Å²) in [5, 5.41) is 16.7. The number of nitrogens with zero attached hydrogens (tertiary/aromatic N) is 1. The molecule has 2 rings (SSSR count). The second-order valence-electron chi connectivity index (χ2n) is 6.66. The molecule has 9 nitrogen and oxygen atoms in total. The van der Waals surface area contributed by atoms with Gasteiger partial charge in [0.05, 0.1) is 13.2 Å². The van der Waals surface area contributed by atoms with Gasteiger partial charge in [-0.25, -0.2) is 0 Å². The van der Waals surface area contributed by atoms with Crippen molar-refractivity contribution in [2.75, 3.05) is 25.6 Å². The number of aryl methyl sites for hydroxylation is 2. The molecular formula is C22H24N4O5. The number of carbonyl (C=O) groups excluding carboxylic acids is 3. The number of anilines is 1. The first-order valence-electron chi connectivity index (χ1n) is 9.48. The number of amides is 3. The molecule has 0 saturated carbocycles. The van der Waals surface area contributed by atoms with Crippen LogP contribution in [0.15, 0.2) is 40.3 Å². The molecule has 9 heteroatoms. The highest BCUT2D eigenvalue weighted by atomic mass is 16.5. The Balaban J connectivity index is 1.91. The van der Waals surface area contributed by atoms with Gasteiger partial charge in [0.2, 0.25) is 0 Å². The number of hydrogen-bond acceptors (Lipinski definition) is 6. The van der Waals surface area contributed by atoms with Crippen molar-refractivity contribution in [3.05, 3.63) is 58.6 Å². The number of benzene rings is 1. The second-order valence-corrected chi connectivity index (χ2v) is 6.66. The quantitative estimate of drug-likeness (QED) is 0.256. The van der Waals surface area contributed by atoms with Crippen LogP contribution in [0.3, 0.4) is 0 Å². The van der Waals surface area contributed by atoms with Gasteiger partial charge < -0.3 is 25.1 Å². The van der Waals surface area contributed by atoms with Crippen LogP contribution in [0, 0.1) is 25.2 Å². The predicted octanol–water partition coefficient (Wildman–Crippen LogP) is 1.82. The molecule has 31 heavy (non-hydrogen) atoms. The van der Waals surface area contributed by atoms with Crippen LogP contribution in [-0.4, -0.2) is 38.0 Å². The average molecular weight is 424 g/mol. The fourth-order valence-electron chi connectivity index (χ4n) is 2.47. The summed E-state index contributed by atoms with van der Waals surface area (Å²) in [6, 6.07) is 10.3. The van der Waals surface area contributed by atoms with E-state index in [1.54, 1.807) is 24.3 Å². The van der Waals surface area contributed by atoms with Crippen molar-refractivity contribution in [1.82, 2.24) is 10.6 Å². The summed E-state index contributed by atoms with van der Waals surface area (Å²) in [5.41, 5.74) is 2.48. The molecule has 0 fully saturated rings. The van der Waals surface area contributed by atoms with Crippen molar-refractivity contribution in [2.45, 2.75) is 20.4 Å². The van der Waals surface area contributed by atoms with Gasteiger partial charge in [0.25, 0.3) is 5.91 Å². The first-order valence-corrected chi connectivity index (χ1v) is 9.48. The third-order valence-electron chi connectivity index (χ3n) is 4.32. The maximum absolute atomic E-state index is 12.0.